The molecule has 0 radical (unpaired) electrons. The van der Waals surface area contributed by atoms with Crippen molar-refractivity contribution in [3.63, 3.8) is 0 Å². The van der Waals surface area contributed by atoms with E-state index in [1.807, 2.05) is 24.3 Å². The van der Waals surface area contributed by atoms with Crippen LogP contribution in [-0.4, -0.2) is 21.4 Å². The molecule has 0 aliphatic carbocycles. The lowest BCUT2D eigenvalue weighted by molar-refractivity contribution is -0.481. The van der Waals surface area contributed by atoms with Gasteiger partial charge >= 0.3 is 0 Å². The van der Waals surface area contributed by atoms with Gasteiger partial charge in [0, 0.05) is 34.2 Å². The van der Waals surface area contributed by atoms with E-state index in [1.165, 1.54) is 12.1 Å². The van der Waals surface area contributed by atoms with E-state index in [2.05, 4.69) is 4.98 Å². The minimum absolute atomic E-state index is 0.0347. The molecule has 1 aromatic heterocycles. The fourth-order valence-electron chi connectivity index (χ4n) is 2.74. The highest BCUT2D eigenvalue weighted by Gasteiger charge is 2.23. The molecule has 0 spiro atoms. The van der Waals surface area contributed by atoms with Crippen molar-refractivity contribution >= 4 is 16.6 Å². The molecule has 7 heteroatoms. The van der Waals surface area contributed by atoms with Gasteiger partial charge in [0.15, 0.2) is 0 Å². The second kappa shape index (κ2) is 5.88. The van der Waals surface area contributed by atoms with Gasteiger partial charge in [-0.05, 0) is 17.2 Å². The first-order chi connectivity index (χ1) is 11.1. The summed E-state index contributed by atoms with van der Waals surface area (Å²) in [5.74, 6) is -0.470. The Kier molecular flexibility index (Phi) is 3.76. The van der Waals surface area contributed by atoms with E-state index in [1.54, 1.807) is 18.3 Å². The van der Waals surface area contributed by atoms with Crippen LogP contribution >= 0.6 is 0 Å². The molecule has 1 atom stereocenters. The van der Waals surface area contributed by atoms with Crippen molar-refractivity contribution in [3.05, 3.63) is 86.1 Å². The molecule has 0 amide bonds. The number of benzene rings is 2. The normalized spacial score (nSPS) is 12.2. The Morgan fingerprint density at radius 3 is 2.35 bits per heavy atom. The van der Waals surface area contributed by atoms with Gasteiger partial charge in [0.25, 0.3) is 5.69 Å². The number of hydrogen-bond acceptors (Lipinski definition) is 4. The van der Waals surface area contributed by atoms with Crippen molar-refractivity contribution in [3.8, 4) is 0 Å². The first-order valence-electron chi connectivity index (χ1n) is 6.98. The highest BCUT2D eigenvalue weighted by Crippen LogP contribution is 2.31. The molecule has 0 bridgehead atoms. The Bertz CT molecular complexity index is 870. The first kappa shape index (κ1) is 14.7. The number of fused-ring (bicyclic) bond motifs is 1. The fraction of sp³-hybridized carbons (Fsp3) is 0.125. The van der Waals surface area contributed by atoms with Crippen LogP contribution in [0.25, 0.3) is 10.9 Å². The molecule has 2 aromatic carbocycles. The first-order valence-corrected chi connectivity index (χ1v) is 6.98. The van der Waals surface area contributed by atoms with E-state index in [4.69, 9.17) is 0 Å². The number of nitro benzene ring substituents is 1. The molecule has 1 unspecified atom stereocenters. The number of nitro groups is 2. The van der Waals surface area contributed by atoms with Crippen molar-refractivity contribution in [2.24, 2.45) is 0 Å². The largest absolute Gasteiger partial charge is 0.361 e. The third-order valence-corrected chi connectivity index (χ3v) is 3.83. The Morgan fingerprint density at radius 2 is 1.70 bits per heavy atom. The van der Waals surface area contributed by atoms with Gasteiger partial charge in [-0.15, -0.1) is 0 Å². The van der Waals surface area contributed by atoms with Crippen LogP contribution in [0.2, 0.25) is 0 Å². The standard InChI is InChI=1S/C16H13N3O4/c20-18(21)10-15(11-5-7-12(8-6-11)19(22)23)14-9-17-16-4-2-1-3-13(14)16/h1-9,15,17H,10H2. The smallest absolute Gasteiger partial charge is 0.269 e. The summed E-state index contributed by atoms with van der Waals surface area (Å²) in [6.07, 6.45) is 1.76. The lowest BCUT2D eigenvalue weighted by Crippen LogP contribution is -2.13. The summed E-state index contributed by atoms with van der Waals surface area (Å²) in [6, 6.07) is 13.5. The molecular formula is C16H13N3O4. The number of aromatic nitrogens is 1. The third-order valence-electron chi connectivity index (χ3n) is 3.83. The van der Waals surface area contributed by atoms with Crippen molar-refractivity contribution in [2.75, 3.05) is 6.54 Å². The van der Waals surface area contributed by atoms with E-state index in [0.717, 1.165) is 16.5 Å². The van der Waals surface area contributed by atoms with Crippen molar-refractivity contribution < 1.29 is 9.85 Å². The second-order valence-electron chi connectivity index (χ2n) is 5.21. The molecule has 7 nitrogen and oxygen atoms in total. The van der Waals surface area contributed by atoms with Crippen LogP contribution in [0.1, 0.15) is 17.0 Å². The molecular weight excluding hydrogens is 298 g/mol. The average Bonchev–Trinajstić information content (AvgIpc) is 2.96. The predicted octanol–water partition coefficient (Wildman–Crippen LogP) is 3.48. The van der Waals surface area contributed by atoms with Crippen molar-refractivity contribution in [1.29, 1.82) is 0 Å². The van der Waals surface area contributed by atoms with Crippen LogP contribution in [0.5, 0.6) is 0 Å². The SMILES string of the molecule is O=[N+]([O-])CC(c1ccc([N+](=O)[O-])cc1)c1c[nH]c2ccccc12. The Balaban J connectivity index is 2.07. The zero-order valence-corrected chi connectivity index (χ0v) is 12.0. The van der Waals surface area contributed by atoms with Gasteiger partial charge < -0.3 is 4.98 Å². The zero-order valence-electron chi connectivity index (χ0n) is 12.0. The Morgan fingerprint density at radius 1 is 1.00 bits per heavy atom. The second-order valence-corrected chi connectivity index (χ2v) is 5.21. The maximum absolute atomic E-state index is 11.1. The lowest BCUT2D eigenvalue weighted by Gasteiger charge is -2.12. The molecule has 116 valence electrons. The summed E-state index contributed by atoms with van der Waals surface area (Å²) in [6.45, 7) is -0.278. The topological polar surface area (TPSA) is 102 Å². The molecule has 0 saturated carbocycles. The molecule has 3 rings (SSSR count). The minimum Gasteiger partial charge on any atom is -0.361 e. The Labute approximate surface area is 130 Å². The van der Waals surface area contributed by atoms with Crippen LogP contribution in [-0.2, 0) is 0 Å². The van der Waals surface area contributed by atoms with E-state index in [-0.39, 0.29) is 17.2 Å². The summed E-state index contributed by atoms with van der Waals surface area (Å²) < 4.78 is 0. The van der Waals surface area contributed by atoms with Crippen LogP contribution < -0.4 is 0 Å². The molecule has 1 N–H and O–H groups in total. The lowest BCUT2D eigenvalue weighted by atomic mass is 9.91. The zero-order chi connectivity index (χ0) is 16.4. The van der Waals surface area contributed by atoms with Gasteiger partial charge in [0.1, 0.15) is 0 Å². The quantitative estimate of drug-likeness (QED) is 0.575. The van der Waals surface area contributed by atoms with Gasteiger partial charge in [0.2, 0.25) is 6.54 Å². The van der Waals surface area contributed by atoms with E-state index < -0.39 is 10.8 Å². The van der Waals surface area contributed by atoms with Crippen molar-refractivity contribution in [1.82, 2.24) is 4.98 Å². The molecule has 0 aliphatic rings. The minimum atomic E-state index is -0.488. The number of nitrogens with zero attached hydrogens (tertiary/aromatic N) is 2. The van der Waals surface area contributed by atoms with Gasteiger partial charge in [-0.2, -0.15) is 0 Å². The molecule has 0 aliphatic heterocycles. The maximum atomic E-state index is 11.1. The summed E-state index contributed by atoms with van der Waals surface area (Å²) in [5, 5.41) is 22.7. The van der Waals surface area contributed by atoms with Gasteiger partial charge in [-0.3, -0.25) is 20.2 Å². The van der Waals surface area contributed by atoms with E-state index in [9.17, 15) is 20.2 Å². The van der Waals surface area contributed by atoms with Crippen molar-refractivity contribution in [2.45, 2.75) is 5.92 Å². The summed E-state index contributed by atoms with van der Waals surface area (Å²) in [5.41, 5.74) is 2.36. The number of non-ortho nitro benzene ring substituents is 1. The highest BCUT2D eigenvalue weighted by atomic mass is 16.6. The van der Waals surface area contributed by atoms with Crippen LogP contribution in [0.4, 0.5) is 5.69 Å². The number of nitrogens with one attached hydrogen (secondary N) is 1. The fourth-order valence-corrected chi connectivity index (χ4v) is 2.74. The average molecular weight is 311 g/mol. The van der Waals surface area contributed by atoms with Crippen LogP contribution in [0, 0.1) is 20.2 Å². The number of rotatable bonds is 5. The number of H-pyrrole nitrogens is 1. The summed E-state index contributed by atoms with van der Waals surface area (Å²) in [7, 11) is 0. The predicted molar refractivity (Wildman–Crippen MR) is 85.1 cm³/mol. The van der Waals surface area contributed by atoms with Crippen LogP contribution in [0.15, 0.2) is 54.7 Å². The number of para-hydroxylation sites is 1. The molecule has 23 heavy (non-hydrogen) atoms. The Hall–Kier alpha value is -3.22. The third kappa shape index (κ3) is 2.89. The number of hydrogen-bond donors (Lipinski definition) is 1. The highest BCUT2D eigenvalue weighted by molar-refractivity contribution is 5.84. The molecule has 0 fully saturated rings. The number of aromatic amines is 1. The monoisotopic (exact) mass is 311 g/mol. The molecule has 0 saturated heterocycles. The molecule has 1 heterocycles. The van der Waals surface area contributed by atoms with Gasteiger partial charge in [-0.25, -0.2) is 0 Å². The molecule has 3 aromatic rings. The summed E-state index contributed by atoms with van der Waals surface area (Å²) in [4.78, 5) is 24.1. The van der Waals surface area contributed by atoms with Gasteiger partial charge in [0.05, 0.1) is 10.8 Å². The maximum Gasteiger partial charge on any atom is 0.269 e. The summed E-state index contributed by atoms with van der Waals surface area (Å²) >= 11 is 0. The van der Waals surface area contributed by atoms with Crippen LogP contribution in [0.3, 0.4) is 0 Å². The van der Waals surface area contributed by atoms with E-state index >= 15 is 0 Å². The van der Waals surface area contributed by atoms with E-state index in [0.29, 0.717) is 5.56 Å². The van der Waals surface area contributed by atoms with Gasteiger partial charge in [-0.1, -0.05) is 30.3 Å².